The third kappa shape index (κ3) is 3.46. The summed E-state index contributed by atoms with van der Waals surface area (Å²) in [5, 5.41) is 3.55. The van der Waals surface area contributed by atoms with Crippen molar-refractivity contribution < 1.29 is 9.53 Å². The van der Waals surface area contributed by atoms with Gasteiger partial charge in [0, 0.05) is 35.1 Å². The van der Waals surface area contributed by atoms with Crippen LogP contribution in [0.2, 0.25) is 5.15 Å². The molecule has 126 valence electrons. The van der Waals surface area contributed by atoms with Gasteiger partial charge in [-0.1, -0.05) is 23.7 Å². The third-order valence-corrected chi connectivity index (χ3v) is 3.84. The molecule has 3 rings (SSSR count). The average Bonchev–Trinajstić information content (AvgIpc) is 2.88. The summed E-state index contributed by atoms with van der Waals surface area (Å²) in [5.41, 5.74) is 1.41. The number of benzene rings is 1. The summed E-state index contributed by atoms with van der Waals surface area (Å²) >= 11 is 6.02. The van der Waals surface area contributed by atoms with Crippen LogP contribution in [0.15, 0.2) is 30.5 Å². The SMILES string of the molecule is CN(Cc1cc2ccc3cnc(Cl)cc3c2[nH]1)C(=O)OC(C)(C)C. The number of halogens is 1. The highest BCUT2D eigenvalue weighted by atomic mass is 35.5. The maximum Gasteiger partial charge on any atom is 0.410 e. The molecule has 1 amide bonds. The van der Waals surface area contributed by atoms with E-state index in [-0.39, 0.29) is 6.09 Å². The maximum absolute atomic E-state index is 12.1. The van der Waals surface area contributed by atoms with Gasteiger partial charge < -0.3 is 14.6 Å². The predicted octanol–water partition coefficient (Wildman–Crippen LogP) is 4.74. The number of fused-ring (bicyclic) bond motifs is 3. The van der Waals surface area contributed by atoms with Crippen LogP contribution in [0.3, 0.4) is 0 Å². The van der Waals surface area contributed by atoms with Crippen molar-refractivity contribution in [3.8, 4) is 0 Å². The first-order valence-corrected chi connectivity index (χ1v) is 8.11. The van der Waals surface area contributed by atoms with Crippen molar-refractivity contribution >= 4 is 39.4 Å². The second-order valence-electron chi connectivity index (χ2n) is 6.89. The molecular formula is C18H20ClN3O2. The van der Waals surface area contributed by atoms with E-state index in [2.05, 4.69) is 9.97 Å². The van der Waals surface area contributed by atoms with Crippen molar-refractivity contribution in [2.45, 2.75) is 32.9 Å². The quantitative estimate of drug-likeness (QED) is 0.683. The fourth-order valence-corrected chi connectivity index (χ4v) is 2.76. The van der Waals surface area contributed by atoms with Crippen LogP contribution in [0.1, 0.15) is 26.5 Å². The molecule has 0 spiro atoms. The normalized spacial score (nSPS) is 11.9. The molecular weight excluding hydrogens is 326 g/mol. The maximum atomic E-state index is 12.1. The number of carbonyl (C=O) groups is 1. The number of rotatable bonds is 2. The van der Waals surface area contributed by atoms with E-state index in [0.29, 0.717) is 11.7 Å². The van der Waals surface area contributed by atoms with Gasteiger partial charge in [-0.3, -0.25) is 0 Å². The Morgan fingerprint density at radius 3 is 2.71 bits per heavy atom. The van der Waals surface area contributed by atoms with Crippen molar-refractivity contribution in [3.63, 3.8) is 0 Å². The number of ether oxygens (including phenoxy) is 1. The fourth-order valence-electron chi connectivity index (χ4n) is 2.60. The molecule has 1 aromatic carbocycles. The number of aromatic nitrogens is 2. The first-order chi connectivity index (χ1) is 11.2. The summed E-state index contributed by atoms with van der Waals surface area (Å²) in [4.78, 5) is 21.1. The molecule has 3 aromatic rings. The highest BCUT2D eigenvalue weighted by Gasteiger charge is 2.20. The Balaban J connectivity index is 1.89. The van der Waals surface area contributed by atoms with E-state index < -0.39 is 5.60 Å². The molecule has 6 heteroatoms. The van der Waals surface area contributed by atoms with E-state index in [1.807, 2.05) is 45.0 Å². The van der Waals surface area contributed by atoms with E-state index in [1.165, 1.54) is 0 Å². The highest BCUT2D eigenvalue weighted by molar-refractivity contribution is 6.30. The largest absolute Gasteiger partial charge is 0.444 e. The van der Waals surface area contributed by atoms with Crippen molar-refractivity contribution in [1.29, 1.82) is 0 Å². The average molecular weight is 346 g/mol. The molecule has 1 N–H and O–H groups in total. The molecule has 0 aliphatic heterocycles. The fraction of sp³-hybridized carbons (Fsp3) is 0.333. The van der Waals surface area contributed by atoms with Gasteiger partial charge in [0.25, 0.3) is 0 Å². The Kier molecular flexibility index (Phi) is 4.13. The Labute approximate surface area is 145 Å². The van der Waals surface area contributed by atoms with Gasteiger partial charge in [-0.25, -0.2) is 9.78 Å². The first-order valence-electron chi connectivity index (χ1n) is 7.73. The summed E-state index contributed by atoms with van der Waals surface area (Å²) in [6.45, 7) is 5.99. The molecule has 24 heavy (non-hydrogen) atoms. The second-order valence-corrected chi connectivity index (χ2v) is 7.28. The third-order valence-electron chi connectivity index (χ3n) is 3.63. The molecule has 0 radical (unpaired) electrons. The standard InChI is InChI=1S/C18H20ClN3O2/c1-18(2,3)24-17(23)22(4)10-13-7-11-5-6-12-9-20-15(19)8-14(12)16(11)21-13/h5-9,21H,10H2,1-4H3. The van der Waals surface area contributed by atoms with Gasteiger partial charge in [-0.05, 0) is 32.9 Å². The minimum absolute atomic E-state index is 0.349. The van der Waals surface area contributed by atoms with Gasteiger partial charge in [0.1, 0.15) is 10.8 Å². The Morgan fingerprint density at radius 1 is 1.29 bits per heavy atom. The van der Waals surface area contributed by atoms with Crippen LogP contribution in [0.4, 0.5) is 4.79 Å². The Hall–Kier alpha value is -2.27. The monoisotopic (exact) mass is 345 g/mol. The topological polar surface area (TPSA) is 58.2 Å². The highest BCUT2D eigenvalue weighted by Crippen LogP contribution is 2.27. The van der Waals surface area contributed by atoms with Crippen molar-refractivity contribution in [2.24, 2.45) is 0 Å². The van der Waals surface area contributed by atoms with E-state index >= 15 is 0 Å². The van der Waals surface area contributed by atoms with E-state index in [4.69, 9.17) is 16.3 Å². The van der Waals surface area contributed by atoms with Gasteiger partial charge in [-0.2, -0.15) is 0 Å². The van der Waals surface area contributed by atoms with Crippen LogP contribution in [0.25, 0.3) is 21.7 Å². The lowest BCUT2D eigenvalue weighted by atomic mass is 10.1. The van der Waals surface area contributed by atoms with E-state index in [1.54, 1.807) is 18.1 Å². The smallest absolute Gasteiger partial charge is 0.410 e. The number of pyridine rings is 1. The number of amides is 1. The van der Waals surface area contributed by atoms with Gasteiger partial charge in [0.15, 0.2) is 0 Å². The number of hydrogen-bond donors (Lipinski definition) is 1. The summed E-state index contributed by atoms with van der Waals surface area (Å²) in [7, 11) is 1.72. The summed E-state index contributed by atoms with van der Waals surface area (Å²) in [6.07, 6.45) is 1.41. The van der Waals surface area contributed by atoms with Crippen LogP contribution in [-0.2, 0) is 11.3 Å². The lowest BCUT2D eigenvalue weighted by Gasteiger charge is -2.24. The lowest BCUT2D eigenvalue weighted by Crippen LogP contribution is -2.33. The number of nitrogens with zero attached hydrogens (tertiary/aromatic N) is 2. The van der Waals surface area contributed by atoms with E-state index in [9.17, 15) is 4.79 Å². The van der Waals surface area contributed by atoms with Gasteiger partial charge >= 0.3 is 6.09 Å². The first kappa shape index (κ1) is 16.6. The molecule has 0 bridgehead atoms. The molecule has 0 fully saturated rings. The van der Waals surface area contributed by atoms with Crippen LogP contribution in [-0.4, -0.2) is 33.6 Å². The summed E-state index contributed by atoms with van der Waals surface area (Å²) in [5.74, 6) is 0. The number of carbonyl (C=O) groups excluding carboxylic acids is 1. The molecule has 2 heterocycles. The zero-order chi connectivity index (χ0) is 17.5. The predicted molar refractivity (Wildman–Crippen MR) is 96.3 cm³/mol. The zero-order valence-electron chi connectivity index (χ0n) is 14.2. The Bertz CT molecular complexity index is 912. The number of H-pyrrole nitrogens is 1. The molecule has 5 nitrogen and oxygen atoms in total. The van der Waals surface area contributed by atoms with Gasteiger partial charge in [0.05, 0.1) is 12.1 Å². The number of aromatic amines is 1. The molecule has 0 aliphatic carbocycles. The van der Waals surface area contributed by atoms with Crippen molar-refractivity contribution in [1.82, 2.24) is 14.9 Å². The zero-order valence-corrected chi connectivity index (χ0v) is 14.9. The molecule has 0 unspecified atom stereocenters. The Morgan fingerprint density at radius 2 is 2.00 bits per heavy atom. The van der Waals surface area contributed by atoms with Crippen LogP contribution in [0, 0.1) is 0 Å². The summed E-state index contributed by atoms with van der Waals surface area (Å²) < 4.78 is 5.38. The second kappa shape index (κ2) is 5.98. The number of nitrogens with one attached hydrogen (secondary N) is 1. The minimum Gasteiger partial charge on any atom is -0.444 e. The van der Waals surface area contributed by atoms with Crippen LogP contribution < -0.4 is 0 Å². The van der Waals surface area contributed by atoms with Crippen LogP contribution >= 0.6 is 11.6 Å². The van der Waals surface area contributed by atoms with Gasteiger partial charge in [0.2, 0.25) is 0 Å². The number of hydrogen-bond acceptors (Lipinski definition) is 3. The molecule has 0 saturated carbocycles. The van der Waals surface area contributed by atoms with Crippen LogP contribution in [0.5, 0.6) is 0 Å². The molecule has 0 atom stereocenters. The summed E-state index contributed by atoms with van der Waals surface area (Å²) in [6, 6.07) is 7.91. The minimum atomic E-state index is -0.508. The van der Waals surface area contributed by atoms with E-state index in [0.717, 1.165) is 27.4 Å². The molecule has 0 saturated heterocycles. The molecule has 0 aliphatic rings. The van der Waals surface area contributed by atoms with Gasteiger partial charge in [-0.15, -0.1) is 0 Å². The lowest BCUT2D eigenvalue weighted by molar-refractivity contribution is 0.0283. The van der Waals surface area contributed by atoms with Crippen molar-refractivity contribution in [3.05, 3.63) is 41.3 Å². The molecule has 2 aromatic heterocycles. The van der Waals surface area contributed by atoms with Crippen molar-refractivity contribution in [2.75, 3.05) is 7.05 Å².